The Morgan fingerprint density at radius 3 is 2.62 bits per heavy atom. The number of anilines is 1. The first kappa shape index (κ1) is 12.4. The van der Waals surface area contributed by atoms with Crippen molar-refractivity contribution in [3.8, 4) is 0 Å². The molecule has 0 aromatic heterocycles. The third-order valence-corrected chi connectivity index (χ3v) is 2.18. The summed E-state index contributed by atoms with van der Waals surface area (Å²) in [6, 6.07) is 3.85. The highest BCUT2D eigenvalue weighted by atomic mass is 19.1. The summed E-state index contributed by atoms with van der Waals surface area (Å²) in [5.41, 5.74) is 10.0. The molecule has 1 amide bonds. The van der Waals surface area contributed by atoms with Crippen LogP contribution in [0.25, 0.3) is 0 Å². The van der Waals surface area contributed by atoms with Crippen LogP contribution in [0.4, 0.5) is 10.1 Å². The van der Waals surface area contributed by atoms with Crippen LogP contribution in [-0.4, -0.2) is 22.2 Å². The van der Waals surface area contributed by atoms with Crippen molar-refractivity contribution in [2.24, 2.45) is 5.73 Å². The van der Waals surface area contributed by atoms with E-state index in [1.807, 2.05) is 0 Å². The van der Waals surface area contributed by atoms with Crippen LogP contribution in [0.3, 0.4) is 0 Å². The maximum absolute atomic E-state index is 13.1. The Morgan fingerprint density at radius 2 is 2.06 bits per heavy atom. The van der Waals surface area contributed by atoms with E-state index in [9.17, 15) is 19.4 Å². The van der Waals surface area contributed by atoms with Crippen molar-refractivity contribution in [2.75, 3.05) is 5.73 Å². The van der Waals surface area contributed by atoms with E-state index in [1.54, 1.807) is 0 Å². The Labute approximate surface area is 91.5 Å². The number of para-hydroxylation sites is 1. The minimum Gasteiger partial charge on any atom is -0.396 e. The topological polar surface area (TPSA) is 110 Å². The van der Waals surface area contributed by atoms with Crippen molar-refractivity contribution in [1.82, 2.24) is 0 Å². The highest BCUT2D eigenvalue weighted by molar-refractivity contribution is 5.74. The van der Waals surface area contributed by atoms with Crippen LogP contribution in [0.2, 0.25) is 0 Å². The fraction of sp³-hybridized carbons (Fsp3) is 0.300. The van der Waals surface area contributed by atoms with Crippen LogP contribution in [0.15, 0.2) is 18.2 Å². The lowest BCUT2D eigenvalue weighted by molar-refractivity contribution is -0.121. The summed E-state index contributed by atoms with van der Waals surface area (Å²) in [5.74, 6) is -1.45. The van der Waals surface area contributed by atoms with Gasteiger partial charge in [0.25, 0.3) is 0 Å². The monoisotopic (exact) mass is 228 g/mol. The first-order valence-corrected chi connectivity index (χ1v) is 4.61. The number of amides is 1. The molecule has 88 valence electrons. The van der Waals surface area contributed by atoms with Gasteiger partial charge in [0.15, 0.2) is 0 Å². The molecule has 0 aliphatic heterocycles. The number of hydrogen-bond acceptors (Lipinski definition) is 4. The summed E-state index contributed by atoms with van der Waals surface area (Å²) in [7, 11) is 0. The van der Waals surface area contributed by atoms with Crippen LogP contribution in [0, 0.1) is 5.82 Å². The van der Waals surface area contributed by atoms with E-state index >= 15 is 0 Å². The van der Waals surface area contributed by atoms with Gasteiger partial charge in [-0.3, -0.25) is 4.79 Å². The summed E-state index contributed by atoms with van der Waals surface area (Å²) < 4.78 is 13.1. The van der Waals surface area contributed by atoms with E-state index in [4.69, 9.17) is 11.5 Å². The number of carbonyl (C=O) groups excluding carboxylic acids is 1. The number of carbonyl (C=O) groups is 1. The quantitative estimate of drug-likeness (QED) is 0.529. The lowest BCUT2D eigenvalue weighted by Crippen LogP contribution is -2.26. The van der Waals surface area contributed by atoms with Gasteiger partial charge in [0.05, 0.1) is 18.2 Å². The standard InChI is InChI=1S/C10H13FN2O3/c11-6-3-1-2-5(9(6)13)10(16)7(14)4-8(12)15/h1-3,7,10,14,16H,4,13H2,(H2,12,15). The lowest BCUT2D eigenvalue weighted by atomic mass is 10.00. The second-order valence-corrected chi connectivity index (χ2v) is 3.43. The van der Waals surface area contributed by atoms with Gasteiger partial charge in [-0.15, -0.1) is 0 Å². The predicted octanol–water partition coefficient (Wildman–Crippen LogP) is -0.322. The van der Waals surface area contributed by atoms with Gasteiger partial charge in [-0.2, -0.15) is 0 Å². The van der Waals surface area contributed by atoms with Gasteiger partial charge >= 0.3 is 0 Å². The van der Waals surface area contributed by atoms with E-state index < -0.39 is 30.4 Å². The number of rotatable bonds is 4. The van der Waals surface area contributed by atoms with E-state index in [0.717, 1.165) is 6.07 Å². The molecule has 0 heterocycles. The van der Waals surface area contributed by atoms with E-state index in [2.05, 4.69) is 0 Å². The van der Waals surface area contributed by atoms with E-state index in [1.165, 1.54) is 12.1 Å². The van der Waals surface area contributed by atoms with Crippen LogP contribution in [0.5, 0.6) is 0 Å². The SMILES string of the molecule is NC(=O)CC(O)C(O)c1cccc(F)c1N. The number of aliphatic hydroxyl groups excluding tert-OH is 2. The molecule has 1 rings (SSSR count). The number of primary amides is 1. The number of nitrogens with two attached hydrogens (primary N) is 2. The molecule has 0 radical (unpaired) electrons. The van der Waals surface area contributed by atoms with Crippen LogP contribution >= 0.6 is 0 Å². The van der Waals surface area contributed by atoms with Gasteiger partial charge in [0.1, 0.15) is 11.9 Å². The highest BCUT2D eigenvalue weighted by Crippen LogP contribution is 2.26. The number of benzene rings is 1. The molecule has 0 aliphatic rings. The number of halogens is 1. The summed E-state index contributed by atoms with van der Waals surface area (Å²) in [4.78, 5) is 10.5. The minimum absolute atomic E-state index is 0.0359. The smallest absolute Gasteiger partial charge is 0.220 e. The van der Waals surface area contributed by atoms with E-state index in [-0.39, 0.29) is 11.3 Å². The predicted molar refractivity (Wildman–Crippen MR) is 55.6 cm³/mol. The molecule has 6 heteroatoms. The summed E-state index contributed by atoms with van der Waals surface area (Å²) in [5, 5.41) is 19.1. The normalized spacial score (nSPS) is 14.4. The lowest BCUT2D eigenvalue weighted by Gasteiger charge is -2.18. The molecule has 0 saturated heterocycles. The Bertz CT molecular complexity index is 398. The molecule has 0 bridgehead atoms. The molecule has 0 saturated carbocycles. The molecule has 6 N–H and O–H groups in total. The third kappa shape index (κ3) is 2.68. The average molecular weight is 228 g/mol. The van der Waals surface area contributed by atoms with Crippen molar-refractivity contribution in [3.05, 3.63) is 29.6 Å². The second kappa shape index (κ2) is 4.91. The zero-order chi connectivity index (χ0) is 12.3. The Morgan fingerprint density at radius 1 is 1.44 bits per heavy atom. The molecule has 1 aromatic rings. The van der Waals surface area contributed by atoms with E-state index in [0.29, 0.717) is 0 Å². The molecule has 0 aliphatic carbocycles. The van der Waals surface area contributed by atoms with Crippen molar-refractivity contribution in [2.45, 2.75) is 18.6 Å². The van der Waals surface area contributed by atoms with Gasteiger partial charge < -0.3 is 21.7 Å². The van der Waals surface area contributed by atoms with Crippen molar-refractivity contribution in [1.29, 1.82) is 0 Å². The van der Waals surface area contributed by atoms with Gasteiger partial charge in [-0.25, -0.2) is 4.39 Å². The Kier molecular flexibility index (Phi) is 3.81. The van der Waals surface area contributed by atoms with Gasteiger partial charge in [0.2, 0.25) is 5.91 Å². The fourth-order valence-corrected chi connectivity index (χ4v) is 1.34. The molecule has 0 fully saturated rings. The average Bonchev–Trinajstić information content (AvgIpc) is 2.20. The van der Waals surface area contributed by atoms with Gasteiger partial charge in [0, 0.05) is 5.56 Å². The van der Waals surface area contributed by atoms with Crippen molar-refractivity contribution >= 4 is 11.6 Å². The van der Waals surface area contributed by atoms with Crippen LogP contribution < -0.4 is 11.5 Å². The van der Waals surface area contributed by atoms with Crippen LogP contribution in [0.1, 0.15) is 18.1 Å². The second-order valence-electron chi connectivity index (χ2n) is 3.43. The largest absolute Gasteiger partial charge is 0.396 e. The fourth-order valence-electron chi connectivity index (χ4n) is 1.34. The van der Waals surface area contributed by atoms with Gasteiger partial charge in [-0.1, -0.05) is 12.1 Å². The molecule has 2 unspecified atom stereocenters. The Balaban J connectivity index is 2.91. The molecule has 5 nitrogen and oxygen atoms in total. The molecule has 1 aromatic carbocycles. The summed E-state index contributed by atoms with van der Waals surface area (Å²) in [6.45, 7) is 0. The molecule has 0 spiro atoms. The minimum atomic E-state index is -1.44. The number of aliphatic hydroxyl groups is 2. The number of nitrogen functional groups attached to an aromatic ring is 1. The van der Waals surface area contributed by atoms with Crippen LogP contribution in [-0.2, 0) is 4.79 Å². The summed E-state index contributed by atoms with van der Waals surface area (Å²) >= 11 is 0. The first-order valence-electron chi connectivity index (χ1n) is 4.61. The zero-order valence-corrected chi connectivity index (χ0v) is 8.43. The molecular weight excluding hydrogens is 215 g/mol. The van der Waals surface area contributed by atoms with Crippen molar-refractivity contribution < 1.29 is 19.4 Å². The van der Waals surface area contributed by atoms with Crippen molar-refractivity contribution in [3.63, 3.8) is 0 Å². The Hall–Kier alpha value is -1.66. The van der Waals surface area contributed by atoms with Gasteiger partial charge in [-0.05, 0) is 6.07 Å². The maximum atomic E-state index is 13.1. The number of hydrogen-bond donors (Lipinski definition) is 4. The maximum Gasteiger partial charge on any atom is 0.220 e. The molecular formula is C10H13FN2O3. The zero-order valence-electron chi connectivity index (χ0n) is 8.43. The first-order chi connectivity index (χ1) is 7.43. The molecule has 2 atom stereocenters. The molecule has 16 heavy (non-hydrogen) atoms. The third-order valence-electron chi connectivity index (χ3n) is 2.18. The summed E-state index contributed by atoms with van der Waals surface area (Å²) in [6.07, 6.45) is -3.26. The highest BCUT2D eigenvalue weighted by Gasteiger charge is 2.23.